The fourth-order valence-corrected chi connectivity index (χ4v) is 4.75. The van der Waals surface area contributed by atoms with Crippen molar-refractivity contribution in [1.29, 1.82) is 0 Å². The minimum atomic E-state index is 0.441. The van der Waals surface area contributed by atoms with E-state index < -0.39 is 0 Å². The topological polar surface area (TPSA) is 0 Å². The molecule has 0 bridgehead atoms. The predicted octanol–water partition coefficient (Wildman–Crippen LogP) is 4.72. The first-order chi connectivity index (χ1) is 8.04. The third-order valence-electron chi connectivity index (χ3n) is 5.56. The van der Waals surface area contributed by atoms with E-state index in [1.807, 2.05) is 0 Å². The Labute approximate surface area is 105 Å². The number of hydrogen-bond donors (Lipinski definition) is 0. The van der Waals surface area contributed by atoms with Gasteiger partial charge in [-0.25, -0.2) is 0 Å². The van der Waals surface area contributed by atoms with E-state index in [0.717, 1.165) is 5.92 Å². The van der Waals surface area contributed by atoms with E-state index in [0.29, 0.717) is 10.8 Å². The molecule has 0 N–H and O–H groups in total. The van der Waals surface area contributed by atoms with Crippen molar-refractivity contribution in [2.75, 3.05) is 0 Å². The van der Waals surface area contributed by atoms with Gasteiger partial charge in [0.05, 0.1) is 0 Å². The maximum absolute atomic E-state index is 2.52. The van der Waals surface area contributed by atoms with Crippen LogP contribution in [0.2, 0.25) is 0 Å². The van der Waals surface area contributed by atoms with Crippen molar-refractivity contribution in [2.45, 2.75) is 58.3 Å². The van der Waals surface area contributed by atoms with E-state index in [9.17, 15) is 0 Å². The van der Waals surface area contributed by atoms with Crippen molar-refractivity contribution >= 4 is 0 Å². The summed E-state index contributed by atoms with van der Waals surface area (Å²) in [7, 11) is 0. The number of fused-ring (bicyclic) bond motifs is 3. The Bertz CT molecular complexity index is 429. The maximum atomic E-state index is 2.52. The van der Waals surface area contributed by atoms with Gasteiger partial charge in [-0.3, -0.25) is 0 Å². The second-order valence-electron chi connectivity index (χ2n) is 7.01. The van der Waals surface area contributed by atoms with E-state index >= 15 is 0 Å². The van der Waals surface area contributed by atoms with Crippen LogP contribution in [0, 0.1) is 11.3 Å². The summed E-state index contributed by atoms with van der Waals surface area (Å²) in [5.41, 5.74) is 4.24. The van der Waals surface area contributed by atoms with Crippen LogP contribution >= 0.6 is 0 Å². The molecule has 0 heterocycles. The lowest BCUT2D eigenvalue weighted by Gasteiger charge is -2.54. The summed E-state index contributed by atoms with van der Waals surface area (Å²) in [4.78, 5) is 0. The summed E-state index contributed by atoms with van der Waals surface area (Å²) < 4.78 is 0. The molecule has 0 amide bonds. The molecule has 2 aliphatic carbocycles. The van der Waals surface area contributed by atoms with Crippen LogP contribution in [0.4, 0.5) is 0 Å². The largest absolute Gasteiger partial charge is 0.0620 e. The highest BCUT2D eigenvalue weighted by atomic mass is 14.5. The summed E-state index contributed by atoms with van der Waals surface area (Å²) in [5, 5.41) is 0. The van der Waals surface area contributed by atoms with Gasteiger partial charge in [-0.15, -0.1) is 0 Å². The van der Waals surface area contributed by atoms with Crippen LogP contribution in [0.5, 0.6) is 0 Å². The highest BCUT2D eigenvalue weighted by molar-refractivity contribution is 5.38. The Morgan fingerprint density at radius 1 is 1.06 bits per heavy atom. The van der Waals surface area contributed by atoms with Gasteiger partial charge >= 0.3 is 0 Å². The number of rotatable bonds is 0. The van der Waals surface area contributed by atoms with E-state index in [1.165, 1.54) is 32.1 Å². The van der Waals surface area contributed by atoms with Crippen molar-refractivity contribution < 1.29 is 0 Å². The Hall–Kier alpha value is -0.780. The zero-order valence-corrected chi connectivity index (χ0v) is 11.4. The third-order valence-corrected chi connectivity index (χ3v) is 5.56. The molecule has 1 aromatic carbocycles. The van der Waals surface area contributed by atoms with E-state index in [-0.39, 0.29) is 0 Å². The molecule has 0 saturated heterocycles. The molecule has 0 heteroatoms. The minimum Gasteiger partial charge on any atom is -0.0620 e. The molecule has 1 aromatic rings. The molecule has 0 spiro atoms. The van der Waals surface area contributed by atoms with Gasteiger partial charge in [0.1, 0.15) is 0 Å². The summed E-state index contributed by atoms with van der Waals surface area (Å²) in [6.07, 6.45) is 6.88. The fraction of sp³-hybridized carbons (Fsp3) is 0.647. The van der Waals surface area contributed by atoms with Crippen molar-refractivity contribution in [3.63, 3.8) is 0 Å². The van der Waals surface area contributed by atoms with Crippen LogP contribution in [0.3, 0.4) is 0 Å². The van der Waals surface area contributed by atoms with Crippen LogP contribution in [-0.4, -0.2) is 0 Å². The maximum Gasteiger partial charge on any atom is -0.00391 e. The second-order valence-corrected chi connectivity index (χ2v) is 7.01. The SMILES string of the molecule is CC1(C)CCC[C@]2(C)c3ccccc3CC[C@H]12. The lowest BCUT2D eigenvalue weighted by atomic mass is 9.50. The summed E-state index contributed by atoms with van der Waals surface area (Å²) >= 11 is 0. The monoisotopic (exact) mass is 228 g/mol. The van der Waals surface area contributed by atoms with Crippen LogP contribution in [0.1, 0.15) is 57.6 Å². The van der Waals surface area contributed by atoms with Gasteiger partial charge in [0.15, 0.2) is 0 Å². The van der Waals surface area contributed by atoms with Crippen molar-refractivity contribution in [1.82, 2.24) is 0 Å². The van der Waals surface area contributed by atoms with E-state index in [4.69, 9.17) is 0 Å². The molecular formula is C17H24. The first kappa shape index (κ1) is 11.3. The molecule has 17 heavy (non-hydrogen) atoms. The molecule has 3 rings (SSSR count). The van der Waals surface area contributed by atoms with Crippen LogP contribution in [-0.2, 0) is 11.8 Å². The fourth-order valence-electron chi connectivity index (χ4n) is 4.75. The minimum absolute atomic E-state index is 0.441. The van der Waals surface area contributed by atoms with Crippen LogP contribution in [0.15, 0.2) is 24.3 Å². The molecule has 1 fully saturated rings. The average Bonchev–Trinajstić information content (AvgIpc) is 2.28. The molecule has 2 atom stereocenters. The first-order valence-corrected chi connectivity index (χ1v) is 7.12. The molecule has 1 saturated carbocycles. The number of hydrogen-bond acceptors (Lipinski definition) is 0. The predicted molar refractivity (Wildman–Crippen MR) is 73.2 cm³/mol. The quantitative estimate of drug-likeness (QED) is 0.603. The molecule has 0 aromatic heterocycles. The zero-order valence-electron chi connectivity index (χ0n) is 11.4. The van der Waals surface area contributed by atoms with Crippen molar-refractivity contribution in [3.05, 3.63) is 35.4 Å². The van der Waals surface area contributed by atoms with Gasteiger partial charge in [-0.2, -0.15) is 0 Å². The smallest absolute Gasteiger partial charge is 0.00391 e. The van der Waals surface area contributed by atoms with Gasteiger partial charge in [-0.1, -0.05) is 51.5 Å². The standard InChI is InChI=1S/C17H24/c1-16(2)11-6-12-17(3)14-8-5-4-7-13(14)9-10-15(16)17/h4-5,7-8,15H,6,9-12H2,1-3H3/t15-,17-/m1/s1. The van der Waals surface area contributed by atoms with E-state index in [1.54, 1.807) is 11.1 Å². The van der Waals surface area contributed by atoms with Gasteiger partial charge < -0.3 is 0 Å². The normalized spacial score (nSPS) is 34.9. The molecule has 0 nitrogen and oxygen atoms in total. The second kappa shape index (κ2) is 3.60. The summed E-state index contributed by atoms with van der Waals surface area (Å²) in [6, 6.07) is 9.17. The molecule has 2 aliphatic rings. The zero-order chi connectivity index (χ0) is 12.1. The highest BCUT2D eigenvalue weighted by Crippen LogP contribution is 2.56. The first-order valence-electron chi connectivity index (χ1n) is 7.12. The van der Waals surface area contributed by atoms with Crippen molar-refractivity contribution in [2.24, 2.45) is 11.3 Å². The Kier molecular flexibility index (Phi) is 2.40. The summed E-state index contributed by atoms with van der Waals surface area (Å²) in [5.74, 6) is 0.874. The van der Waals surface area contributed by atoms with Gasteiger partial charge in [-0.05, 0) is 53.6 Å². The Morgan fingerprint density at radius 2 is 1.82 bits per heavy atom. The number of aryl methyl sites for hydroxylation is 1. The van der Waals surface area contributed by atoms with Gasteiger partial charge in [0, 0.05) is 0 Å². The van der Waals surface area contributed by atoms with Gasteiger partial charge in [0.2, 0.25) is 0 Å². The lowest BCUT2D eigenvalue weighted by molar-refractivity contribution is 0.0407. The Morgan fingerprint density at radius 3 is 2.65 bits per heavy atom. The van der Waals surface area contributed by atoms with Crippen LogP contribution < -0.4 is 0 Å². The third kappa shape index (κ3) is 1.57. The molecule has 92 valence electrons. The lowest BCUT2D eigenvalue weighted by Crippen LogP contribution is -2.47. The number of benzene rings is 1. The average molecular weight is 228 g/mol. The van der Waals surface area contributed by atoms with E-state index in [2.05, 4.69) is 45.0 Å². The van der Waals surface area contributed by atoms with Gasteiger partial charge in [0.25, 0.3) is 0 Å². The highest BCUT2D eigenvalue weighted by Gasteiger charge is 2.49. The molecule has 0 aliphatic heterocycles. The summed E-state index contributed by atoms with van der Waals surface area (Å²) in [6.45, 7) is 7.50. The van der Waals surface area contributed by atoms with Crippen molar-refractivity contribution in [3.8, 4) is 0 Å². The Balaban J connectivity index is 2.11. The molecular weight excluding hydrogens is 204 g/mol. The van der Waals surface area contributed by atoms with Crippen LogP contribution in [0.25, 0.3) is 0 Å². The molecule has 0 radical (unpaired) electrons. The molecule has 0 unspecified atom stereocenters.